The van der Waals surface area contributed by atoms with Crippen LogP contribution in [0.5, 0.6) is 0 Å². The van der Waals surface area contributed by atoms with Crippen LogP contribution in [0, 0.1) is 5.21 Å². The quantitative estimate of drug-likeness (QED) is 0.408. The molecule has 1 heterocycles. The molecule has 0 aliphatic carbocycles. The van der Waals surface area contributed by atoms with Gasteiger partial charge in [-0.2, -0.15) is 4.73 Å². The van der Waals surface area contributed by atoms with E-state index in [1.54, 1.807) is 12.1 Å². The van der Waals surface area contributed by atoms with E-state index in [0.717, 1.165) is 9.20 Å². The van der Waals surface area contributed by atoms with Crippen molar-refractivity contribution in [1.29, 1.82) is 0 Å². The first-order valence-electron chi connectivity index (χ1n) is 2.36. The van der Waals surface area contributed by atoms with E-state index >= 15 is 0 Å². The highest BCUT2D eigenvalue weighted by atomic mass is 79.9. The highest BCUT2D eigenvalue weighted by molar-refractivity contribution is 9.13. The van der Waals surface area contributed by atoms with Gasteiger partial charge in [0.1, 0.15) is 0 Å². The minimum absolute atomic E-state index is 0.474. The van der Waals surface area contributed by atoms with Crippen LogP contribution < -0.4 is 4.73 Å². The van der Waals surface area contributed by atoms with E-state index in [2.05, 4.69) is 47.8 Å². The van der Waals surface area contributed by atoms with Crippen LogP contribution in [0.15, 0.2) is 25.8 Å². The minimum atomic E-state index is 0.474. The molecule has 0 spiro atoms. The van der Waals surface area contributed by atoms with Gasteiger partial charge in [0.15, 0.2) is 0 Å². The first kappa shape index (κ1) is 8.49. The van der Waals surface area contributed by atoms with E-state index in [9.17, 15) is 5.21 Å². The number of rotatable bonds is 0. The highest BCUT2D eigenvalue weighted by Gasteiger charge is 2.09. The van der Waals surface area contributed by atoms with Gasteiger partial charge >= 0.3 is 0 Å². The molecule has 0 radical (unpaired) electrons. The van der Waals surface area contributed by atoms with E-state index in [0.29, 0.717) is 9.21 Å². The predicted molar refractivity (Wildman–Crippen MR) is 48.5 cm³/mol. The van der Waals surface area contributed by atoms with Gasteiger partial charge in [0.25, 0.3) is 9.21 Å². The molecule has 0 saturated carbocycles. The molecular weight excluding hydrogens is 330 g/mol. The fourth-order valence-corrected chi connectivity index (χ4v) is 1.63. The largest absolute Gasteiger partial charge is 0.617 e. The van der Waals surface area contributed by atoms with Gasteiger partial charge in [-0.15, -0.1) is 0 Å². The molecule has 1 rings (SSSR count). The summed E-state index contributed by atoms with van der Waals surface area (Å²) in [5, 5.41) is 11.0. The van der Waals surface area contributed by atoms with Crippen LogP contribution in [0.1, 0.15) is 0 Å². The standard InChI is InChI=1S/C5H2Br3NO/c6-3-1-2-4(7)9(10)5(3)8/h1-2H. The molecular formula is C5H2Br3NO. The normalized spacial score (nSPS) is 9.90. The molecule has 5 heteroatoms. The Hall–Kier alpha value is 0.390. The Bertz CT molecular complexity index is 236. The summed E-state index contributed by atoms with van der Waals surface area (Å²) >= 11 is 9.37. The average molecular weight is 332 g/mol. The van der Waals surface area contributed by atoms with E-state index in [-0.39, 0.29) is 0 Å². The maximum atomic E-state index is 11.0. The fourth-order valence-electron chi connectivity index (χ4n) is 0.469. The first-order valence-corrected chi connectivity index (χ1v) is 4.74. The van der Waals surface area contributed by atoms with E-state index < -0.39 is 0 Å². The summed E-state index contributed by atoms with van der Waals surface area (Å²) in [6.07, 6.45) is 0. The molecule has 54 valence electrons. The van der Waals surface area contributed by atoms with Crippen molar-refractivity contribution in [3.8, 4) is 0 Å². The zero-order valence-electron chi connectivity index (χ0n) is 4.64. The maximum Gasteiger partial charge on any atom is 0.274 e. The first-order chi connectivity index (χ1) is 4.63. The Kier molecular flexibility index (Phi) is 2.71. The van der Waals surface area contributed by atoms with Gasteiger partial charge in [0, 0.05) is 37.9 Å². The molecule has 0 fully saturated rings. The van der Waals surface area contributed by atoms with Gasteiger partial charge in [-0.3, -0.25) is 0 Å². The molecule has 0 unspecified atom stereocenters. The van der Waals surface area contributed by atoms with Crippen LogP contribution in [0.25, 0.3) is 0 Å². The Labute approximate surface area is 83.2 Å². The Morgan fingerprint density at radius 2 is 1.80 bits per heavy atom. The topological polar surface area (TPSA) is 26.9 Å². The summed E-state index contributed by atoms with van der Waals surface area (Å²) in [6, 6.07) is 3.45. The second-order valence-corrected chi connectivity index (χ2v) is 4.01. The Morgan fingerprint density at radius 3 is 2.30 bits per heavy atom. The summed E-state index contributed by atoms with van der Waals surface area (Å²) in [5.41, 5.74) is 0. The molecule has 0 bridgehead atoms. The monoisotopic (exact) mass is 329 g/mol. The van der Waals surface area contributed by atoms with Gasteiger partial charge in [0.05, 0.1) is 4.47 Å². The molecule has 1 aromatic heterocycles. The lowest BCUT2D eigenvalue weighted by molar-refractivity contribution is -0.629. The zero-order chi connectivity index (χ0) is 7.72. The predicted octanol–water partition coefficient (Wildman–Crippen LogP) is 2.61. The third kappa shape index (κ3) is 1.52. The number of halogens is 3. The van der Waals surface area contributed by atoms with Crippen molar-refractivity contribution in [2.75, 3.05) is 0 Å². The second kappa shape index (κ2) is 3.19. The average Bonchev–Trinajstić information content (AvgIpc) is 1.93. The lowest BCUT2D eigenvalue weighted by Crippen LogP contribution is -2.29. The number of aromatic nitrogens is 1. The maximum absolute atomic E-state index is 11.0. The summed E-state index contributed by atoms with van der Waals surface area (Å²) in [4.78, 5) is 0. The number of nitrogens with zero attached hydrogens (tertiary/aromatic N) is 1. The van der Waals surface area contributed by atoms with Gasteiger partial charge in [-0.25, -0.2) is 0 Å². The third-order valence-electron chi connectivity index (χ3n) is 0.937. The molecule has 0 aliphatic rings. The molecule has 0 saturated heterocycles. The number of pyridine rings is 1. The molecule has 0 atom stereocenters. The Balaban J connectivity index is 3.34. The van der Waals surface area contributed by atoms with Crippen molar-refractivity contribution in [3.05, 3.63) is 31.0 Å². The van der Waals surface area contributed by atoms with Crippen molar-refractivity contribution in [2.45, 2.75) is 0 Å². The minimum Gasteiger partial charge on any atom is -0.617 e. The van der Waals surface area contributed by atoms with Crippen LogP contribution in [-0.4, -0.2) is 0 Å². The van der Waals surface area contributed by atoms with Crippen molar-refractivity contribution in [1.82, 2.24) is 0 Å². The van der Waals surface area contributed by atoms with Gasteiger partial charge < -0.3 is 5.21 Å². The molecule has 0 amide bonds. The van der Waals surface area contributed by atoms with Crippen LogP contribution in [0.2, 0.25) is 0 Å². The summed E-state index contributed by atoms with van der Waals surface area (Å²) < 4.78 is 2.44. The zero-order valence-corrected chi connectivity index (χ0v) is 9.40. The van der Waals surface area contributed by atoms with Gasteiger partial charge in [0.2, 0.25) is 0 Å². The van der Waals surface area contributed by atoms with Gasteiger partial charge in [-0.05, 0) is 22.0 Å². The second-order valence-electron chi connectivity index (χ2n) is 1.59. The molecule has 10 heavy (non-hydrogen) atoms. The van der Waals surface area contributed by atoms with E-state index in [1.165, 1.54) is 0 Å². The SMILES string of the molecule is [O-][n+]1c(Br)ccc(Br)c1Br. The van der Waals surface area contributed by atoms with E-state index in [1.807, 2.05) is 0 Å². The fraction of sp³-hybridized carbons (Fsp3) is 0. The smallest absolute Gasteiger partial charge is 0.274 e. The van der Waals surface area contributed by atoms with Crippen LogP contribution >= 0.6 is 47.8 Å². The van der Waals surface area contributed by atoms with Crippen LogP contribution in [0.4, 0.5) is 0 Å². The summed E-state index contributed by atoms with van der Waals surface area (Å²) in [6.45, 7) is 0. The van der Waals surface area contributed by atoms with Crippen molar-refractivity contribution < 1.29 is 4.73 Å². The molecule has 1 aromatic rings. The lowest BCUT2D eigenvalue weighted by atomic mass is 10.5. The number of hydrogen-bond acceptors (Lipinski definition) is 1. The van der Waals surface area contributed by atoms with Crippen molar-refractivity contribution >= 4 is 47.8 Å². The van der Waals surface area contributed by atoms with Crippen LogP contribution in [0.3, 0.4) is 0 Å². The van der Waals surface area contributed by atoms with E-state index in [4.69, 9.17) is 0 Å². The summed E-state index contributed by atoms with van der Waals surface area (Å²) in [5.74, 6) is 0. The molecule has 0 aromatic carbocycles. The van der Waals surface area contributed by atoms with Crippen LogP contribution in [-0.2, 0) is 0 Å². The molecule has 2 nitrogen and oxygen atoms in total. The van der Waals surface area contributed by atoms with Crippen molar-refractivity contribution in [2.24, 2.45) is 0 Å². The number of hydrogen-bond donors (Lipinski definition) is 0. The third-order valence-corrected chi connectivity index (χ3v) is 3.44. The lowest BCUT2D eigenvalue weighted by Gasteiger charge is -2.00. The Morgan fingerprint density at radius 1 is 1.20 bits per heavy atom. The highest BCUT2D eigenvalue weighted by Crippen LogP contribution is 2.20. The molecule has 0 N–H and O–H groups in total. The summed E-state index contributed by atoms with van der Waals surface area (Å²) in [7, 11) is 0. The van der Waals surface area contributed by atoms with Gasteiger partial charge in [-0.1, -0.05) is 0 Å². The molecule has 0 aliphatic heterocycles. The van der Waals surface area contributed by atoms with Crippen molar-refractivity contribution in [3.63, 3.8) is 0 Å².